The Kier molecular flexibility index (Phi) is 5.32. The molecule has 1 aliphatic heterocycles. The molecular formula is C19H19ClN2O4. The number of hydrogen-bond acceptors (Lipinski definition) is 3. The fourth-order valence-corrected chi connectivity index (χ4v) is 3.27. The van der Waals surface area contributed by atoms with Gasteiger partial charge in [0, 0.05) is 36.8 Å². The molecule has 0 spiro atoms. The van der Waals surface area contributed by atoms with E-state index in [1.807, 2.05) is 30.3 Å². The molecule has 0 atom stereocenters. The third-order valence-electron chi connectivity index (χ3n) is 4.44. The van der Waals surface area contributed by atoms with Crippen LogP contribution in [0.2, 0.25) is 5.02 Å². The van der Waals surface area contributed by atoms with E-state index in [0.717, 1.165) is 11.1 Å². The molecule has 1 heterocycles. The summed E-state index contributed by atoms with van der Waals surface area (Å²) in [7, 11) is 1.51. The third kappa shape index (κ3) is 3.60. The van der Waals surface area contributed by atoms with E-state index in [-0.39, 0.29) is 5.91 Å². The topological polar surface area (TPSA) is 70.1 Å². The molecule has 0 unspecified atom stereocenters. The number of methoxy groups -OCH3 is 1. The van der Waals surface area contributed by atoms with Crippen molar-refractivity contribution in [3.8, 4) is 16.9 Å². The van der Waals surface area contributed by atoms with Crippen molar-refractivity contribution in [2.24, 2.45) is 0 Å². The van der Waals surface area contributed by atoms with Crippen molar-refractivity contribution in [2.75, 3.05) is 33.3 Å². The molecule has 0 aromatic heterocycles. The van der Waals surface area contributed by atoms with Gasteiger partial charge in [-0.3, -0.25) is 4.79 Å². The summed E-state index contributed by atoms with van der Waals surface area (Å²) in [5, 5.41) is 9.49. The molecule has 1 aliphatic rings. The molecule has 0 aliphatic carbocycles. The van der Waals surface area contributed by atoms with Crippen molar-refractivity contribution in [2.45, 2.75) is 0 Å². The van der Waals surface area contributed by atoms with Crippen LogP contribution in [0.25, 0.3) is 11.1 Å². The summed E-state index contributed by atoms with van der Waals surface area (Å²) >= 11 is 6.43. The average Bonchev–Trinajstić information content (AvgIpc) is 2.68. The fourth-order valence-electron chi connectivity index (χ4n) is 3.00. The minimum Gasteiger partial charge on any atom is -0.496 e. The highest BCUT2D eigenvalue weighted by molar-refractivity contribution is 6.33. The van der Waals surface area contributed by atoms with Gasteiger partial charge < -0.3 is 19.6 Å². The molecule has 136 valence electrons. The number of benzene rings is 2. The number of rotatable bonds is 3. The summed E-state index contributed by atoms with van der Waals surface area (Å²) < 4.78 is 5.42. The SMILES string of the molecule is COc1cc(-c2ccccc2)c(Cl)cc1C(=O)N1CCN(C(=O)O)CC1. The maximum atomic E-state index is 12.9. The Hall–Kier alpha value is -2.73. The Morgan fingerprint density at radius 1 is 1.04 bits per heavy atom. The van der Waals surface area contributed by atoms with E-state index in [1.165, 1.54) is 12.0 Å². The Morgan fingerprint density at radius 2 is 1.65 bits per heavy atom. The van der Waals surface area contributed by atoms with Gasteiger partial charge in [-0.05, 0) is 17.7 Å². The third-order valence-corrected chi connectivity index (χ3v) is 4.75. The number of hydrogen-bond donors (Lipinski definition) is 1. The van der Waals surface area contributed by atoms with Gasteiger partial charge in [-0.2, -0.15) is 0 Å². The zero-order valence-corrected chi connectivity index (χ0v) is 15.1. The van der Waals surface area contributed by atoms with Crippen molar-refractivity contribution in [3.05, 3.63) is 53.1 Å². The van der Waals surface area contributed by atoms with Crippen LogP contribution in [0.1, 0.15) is 10.4 Å². The van der Waals surface area contributed by atoms with Gasteiger partial charge in [0.25, 0.3) is 5.91 Å². The lowest BCUT2D eigenvalue weighted by atomic mass is 10.0. The first-order chi connectivity index (χ1) is 12.5. The van der Waals surface area contributed by atoms with Gasteiger partial charge in [0.1, 0.15) is 5.75 Å². The monoisotopic (exact) mass is 374 g/mol. The van der Waals surface area contributed by atoms with Crippen LogP contribution in [0, 0.1) is 0 Å². The van der Waals surface area contributed by atoms with E-state index in [0.29, 0.717) is 42.5 Å². The van der Waals surface area contributed by atoms with E-state index in [4.69, 9.17) is 21.4 Å². The Labute approximate surface area is 156 Å². The van der Waals surface area contributed by atoms with Crippen molar-refractivity contribution >= 4 is 23.6 Å². The van der Waals surface area contributed by atoms with Crippen LogP contribution < -0.4 is 4.74 Å². The Bertz CT molecular complexity index is 818. The first kappa shape index (κ1) is 18.1. The number of piperazine rings is 1. The second-order valence-corrected chi connectivity index (χ2v) is 6.37. The molecule has 1 N–H and O–H groups in total. The smallest absolute Gasteiger partial charge is 0.407 e. The lowest BCUT2D eigenvalue weighted by Gasteiger charge is -2.33. The van der Waals surface area contributed by atoms with E-state index in [2.05, 4.69) is 0 Å². The molecule has 1 fully saturated rings. The van der Waals surface area contributed by atoms with Crippen LogP contribution in [0.15, 0.2) is 42.5 Å². The highest BCUT2D eigenvalue weighted by Crippen LogP contribution is 2.35. The summed E-state index contributed by atoms with van der Waals surface area (Å²) in [6.45, 7) is 1.26. The van der Waals surface area contributed by atoms with Gasteiger partial charge in [0.05, 0.1) is 12.7 Å². The van der Waals surface area contributed by atoms with Gasteiger partial charge >= 0.3 is 6.09 Å². The zero-order valence-electron chi connectivity index (χ0n) is 14.3. The largest absolute Gasteiger partial charge is 0.496 e. The predicted octanol–water partition coefficient (Wildman–Crippen LogP) is 3.45. The minimum atomic E-state index is -0.968. The lowest BCUT2D eigenvalue weighted by Crippen LogP contribution is -2.50. The Balaban J connectivity index is 1.87. The predicted molar refractivity (Wildman–Crippen MR) is 98.9 cm³/mol. The van der Waals surface area contributed by atoms with Crippen LogP contribution in [-0.2, 0) is 0 Å². The molecule has 1 saturated heterocycles. The van der Waals surface area contributed by atoms with Gasteiger partial charge in [-0.25, -0.2) is 4.79 Å². The van der Waals surface area contributed by atoms with Crippen molar-refractivity contribution < 1.29 is 19.4 Å². The number of nitrogens with zero attached hydrogens (tertiary/aromatic N) is 2. The van der Waals surface area contributed by atoms with Crippen molar-refractivity contribution in [1.29, 1.82) is 0 Å². The molecule has 0 radical (unpaired) electrons. The number of carboxylic acid groups (broad SMARTS) is 1. The number of halogens is 1. The molecule has 0 bridgehead atoms. The lowest BCUT2D eigenvalue weighted by molar-refractivity contribution is 0.0622. The quantitative estimate of drug-likeness (QED) is 0.893. The van der Waals surface area contributed by atoms with Crippen LogP contribution in [0.3, 0.4) is 0 Å². The van der Waals surface area contributed by atoms with Crippen LogP contribution >= 0.6 is 11.6 Å². The molecule has 6 nitrogen and oxygen atoms in total. The molecule has 2 aromatic carbocycles. The van der Waals surface area contributed by atoms with E-state index < -0.39 is 6.09 Å². The molecule has 0 saturated carbocycles. The van der Waals surface area contributed by atoms with Crippen LogP contribution in [0.4, 0.5) is 4.79 Å². The van der Waals surface area contributed by atoms with Gasteiger partial charge in [0.2, 0.25) is 0 Å². The van der Waals surface area contributed by atoms with Crippen LogP contribution in [-0.4, -0.2) is 60.2 Å². The first-order valence-corrected chi connectivity index (χ1v) is 8.59. The number of ether oxygens (including phenoxy) is 1. The van der Waals surface area contributed by atoms with E-state index >= 15 is 0 Å². The van der Waals surface area contributed by atoms with E-state index in [1.54, 1.807) is 17.0 Å². The minimum absolute atomic E-state index is 0.214. The van der Waals surface area contributed by atoms with Gasteiger partial charge in [-0.15, -0.1) is 0 Å². The molecule has 2 amide bonds. The molecule has 3 rings (SSSR count). The maximum Gasteiger partial charge on any atom is 0.407 e. The fraction of sp³-hybridized carbons (Fsp3) is 0.263. The summed E-state index contributed by atoms with van der Waals surface area (Å²) in [4.78, 5) is 26.8. The summed E-state index contributed by atoms with van der Waals surface area (Å²) in [5.41, 5.74) is 2.10. The van der Waals surface area contributed by atoms with Crippen LogP contribution in [0.5, 0.6) is 5.75 Å². The number of carbonyl (C=O) groups excluding carboxylic acids is 1. The molecular weight excluding hydrogens is 356 g/mol. The number of amides is 2. The second-order valence-electron chi connectivity index (χ2n) is 5.96. The van der Waals surface area contributed by atoms with E-state index in [9.17, 15) is 9.59 Å². The number of carbonyl (C=O) groups is 2. The summed E-state index contributed by atoms with van der Waals surface area (Å²) in [5.74, 6) is 0.229. The normalized spacial score (nSPS) is 14.2. The second kappa shape index (κ2) is 7.66. The summed E-state index contributed by atoms with van der Waals surface area (Å²) in [6.07, 6.45) is -0.968. The average molecular weight is 375 g/mol. The van der Waals surface area contributed by atoms with Gasteiger partial charge in [0.15, 0.2) is 0 Å². The maximum absolute atomic E-state index is 12.9. The molecule has 7 heteroatoms. The standard InChI is InChI=1S/C19H19ClN2O4/c1-26-17-12-14(13-5-3-2-4-6-13)16(20)11-15(17)18(23)21-7-9-22(10-8-21)19(24)25/h2-6,11-12H,7-10H2,1H3,(H,24,25). The Morgan fingerprint density at radius 3 is 2.23 bits per heavy atom. The highest BCUT2D eigenvalue weighted by atomic mass is 35.5. The summed E-state index contributed by atoms with van der Waals surface area (Å²) in [6, 6.07) is 13.0. The van der Waals surface area contributed by atoms with Gasteiger partial charge in [-0.1, -0.05) is 41.9 Å². The molecule has 2 aromatic rings. The highest BCUT2D eigenvalue weighted by Gasteiger charge is 2.27. The molecule has 26 heavy (non-hydrogen) atoms. The zero-order chi connectivity index (χ0) is 18.7. The first-order valence-electron chi connectivity index (χ1n) is 8.21. The van der Waals surface area contributed by atoms with Crippen molar-refractivity contribution in [3.63, 3.8) is 0 Å². The van der Waals surface area contributed by atoms with Crippen molar-refractivity contribution in [1.82, 2.24) is 9.80 Å².